The molecule has 1 amide bonds. The largest absolute Gasteiger partial charge is 0.379 e. The molecule has 0 radical (unpaired) electrons. The summed E-state index contributed by atoms with van der Waals surface area (Å²) in [5, 5.41) is 6.28. The molecule has 2 N–H and O–H groups in total. The number of hydrogen-bond donors (Lipinski definition) is 2. The number of morpholine rings is 1. The van der Waals surface area contributed by atoms with Crippen molar-refractivity contribution in [2.75, 3.05) is 38.2 Å². The van der Waals surface area contributed by atoms with Crippen LogP contribution >= 0.6 is 0 Å². The van der Waals surface area contributed by atoms with E-state index in [-0.39, 0.29) is 11.9 Å². The van der Waals surface area contributed by atoms with Crippen LogP contribution in [-0.4, -0.2) is 49.7 Å². The summed E-state index contributed by atoms with van der Waals surface area (Å²) >= 11 is 0. The fraction of sp³-hybridized carbons (Fsp3) is 0.588. The van der Waals surface area contributed by atoms with Crippen LogP contribution in [0.1, 0.15) is 24.8 Å². The first-order chi connectivity index (χ1) is 10.8. The summed E-state index contributed by atoms with van der Waals surface area (Å²) in [6, 6.07) is 8.15. The average Bonchev–Trinajstić information content (AvgIpc) is 2.58. The van der Waals surface area contributed by atoms with Gasteiger partial charge in [-0.15, -0.1) is 0 Å². The highest BCUT2D eigenvalue weighted by Crippen LogP contribution is 2.14. The number of nitrogens with zero attached hydrogens (tertiary/aromatic N) is 1. The van der Waals surface area contributed by atoms with Crippen LogP contribution in [-0.2, 0) is 16.1 Å². The first-order valence-electron chi connectivity index (χ1n) is 8.24. The van der Waals surface area contributed by atoms with Gasteiger partial charge in [-0.25, -0.2) is 0 Å². The lowest BCUT2D eigenvalue weighted by Gasteiger charge is -2.26. The Morgan fingerprint density at radius 3 is 2.68 bits per heavy atom. The Bertz CT molecular complexity index is 477. The molecule has 1 aromatic carbocycles. The molecule has 2 aliphatic rings. The molecule has 0 saturated carbocycles. The Kier molecular flexibility index (Phi) is 5.43. The SMILES string of the molecule is O=C(Nc1ccc(CN2CCOCC2)cc1)[C@H]1CCCCN1. The minimum Gasteiger partial charge on any atom is -0.379 e. The minimum absolute atomic E-state index is 0.0400. The van der Waals surface area contributed by atoms with Gasteiger partial charge in [-0.3, -0.25) is 9.69 Å². The number of carbonyl (C=O) groups excluding carboxylic acids is 1. The quantitative estimate of drug-likeness (QED) is 0.887. The molecule has 1 atom stereocenters. The van der Waals surface area contributed by atoms with Crippen molar-refractivity contribution < 1.29 is 9.53 Å². The predicted octanol–water partition coefficient (Wildman–Crippen LogP) is 1.60. The first kappa shape index (κ1) is 15.5. The van der Waals surface area contributed by atoms with Crippen molar-refractivity contribution in [2.45, 2.75) is 31.8 Å². The topological polar surface area (TPSA) is 53.6 Å². The lowest BCUT2D eigenvalue weighted by molar-refractivity contribution is -0.118. The molecule has 3 rings (SSSR count). The van der Waals surface area contributed by atoms with Crippen molar-refractivity contribution in [1.29, 1.82) is 0 Å². The number of carbonyl (C=O) groups is 1. The van der Waals surface area contributed by atoms with Gasteiger partial charge < -0.3 is 15.4 Å². The second kappa shape index (κ2) is 7.72. The number of rotatable bonds is 4. The van der Waals surface area contributed by atoms with Crippen molar-refractivity contribution >= 4 is 11.6 Å². The number of benzene rings is 1. The number of amides is 1. The zero-order valence-electron chi connectivity index (χ0n) is 13.0. The molecule has 0 bridgehead atoms. The summed E-state index contributed by atoms with van der Waals surface area (Å²) < 4.78 is 5.36. The van der Waals surface area contributed by atoms with Gasteiger partial charge in [0.05, 0.1) is 19.3 Å². The zero-order valence-corrected chi connectivity index (χ0v) is 13.0. The summed E-state index contributed by atoms with van der Waals surface area (Å²) in [6.07, 6.45) is 3.23. The van der Waals surface area contributed by atoms with Crippen LogP contribution in [0.25, 0.3) is 0 Å². The molecule has 2 aliphatic heterocycles. The highest BCUT2D eigenvalue weighted by molar-refractivity contribution is 5.94. The maximum Gasteiger partial charge on any atom is 0.241 e. The molecule has 0 unspecified atom stereocenters. The van der Waals surface area contributed by atoms with Crippen LogP contribution in [0, 0.1) is 0 Å². The molecule has 120 valence electrons. The molecule has 2 saturated heterocycles. The number of anilines is 1. The molecule has 5 heteroatoms. The van der Waals surface area contributed by atoms with E-state index in [9.17, 15) is 4.79 Å². The first-order valence-corrected chi connectivity index (χ1v) is 8.24. The molecular formula is C17H25N3O2. The molecule has 5 nitrogen and oxygen atoms in total. The van der Waals surface area contributed by atoms with Crippen LogP contribution in [0.15, 0.2) is 24.3 Å². The molecule has 0 aromatic heterocycles. The smallest absolute Gasteiger partial charge is 0.241 e. The highest BCUT2D eigenvalue weighted by atomic mass is 16.5. The summed E-state index contributed by atoms with van der Waals surface area (Å²) in [4.78, 5) is 14.6. The zero-order chi connectivity index (χ0) is 15.2. The standard InChI is InChI=1S/C17H25N3O2/c21-17(16-3-1-2-8-18-16)19-15-6-4-14(5-7-15)13-20-9-11-22-12-10-20/h4-7,16,18H,1-3,8-13H2,(H,19,21)/t16-/m1/s1. The second-order valence-corrected chi connectivity index (χ2v) is 6.08. The molecule has 1 aromatic rings. The number of hydrogen-bond acceptors (Lipinski definition) is 4. The minimum atomic E-state index is -0.0400. The lowest BCUT2D eigenvalue weighted by atomic mass is 10.0. The number of ether oxygens (including phenoxy) is 1. The van der Waals surface area contributed by atoms with Gasteiger partial charge in [0.1, 0.15) is 0 Å². The van der Waals surface area contributed by atoms with E-state index in [1.54, 1.807) is 0 Å². The maximum absolute atomic E-state index is 12.2. The third kappa shape index (κ3) is 4.29. The van der Waals surface area contributed by atoms with Gasteiger partial charge in [0.15, 0.2) is 0 Å². The third-order valence-electron chi connectivity index (χ3n) is 4.36. The summed E-state index contributed by atoms with van der Waals surface area (Å²) in [6.45, 7) is 5.51. The normalized spacial score (nSPS) is 23.2. The van der Waals surface area contributed by atoms with Gasteiger partial charge >= 0.3 is 0 Å². The molecule has 2 fully saturated rings. The van der Waals surface area contributed by atoms with E-state index in [2.05, 4.69) is 27.7 Å². The highest BCUT2D eigenvalue weighted by Gasteiger charge is 2.20. The Morgan fingerprint density at radius 1 is 1.23 bits per heavy atom. The van der Waals surface area contributed by atoms with Crippen LogP contribution in [0.4, 0.5) is 5.69 Å². The molecule has 0 spiro atoms. The number of piperidine rings is 1. The van der Waals surface area contributed by atoms with Gasteiger partial charge in [-0.05, 0) is 37.1 Å². The van der Waals surface area contributed by atoms with Gasteiger partial charge in [0.2, 0.25) is 5.91 Å². The van der Waals surface area contributed by atoms with Gasteiger partial charge in [0, 0.05) is 25.3 Å². The van der Waals surface area contributed by atoms with Crippen LogP contribution in [0.3, 0.4) is 0 Å². The van der Waals surface area contributed by atoms with E-state index < -0.39 is 0 Å². The monoisotopic (exact) mass is 303 g/mol. The Hall–Kier alpha value is -1.43. The van der Waals surface area contributed by atoms with Gasteiger partial charge in [-0.1, -0.05) is 18.6 Å². The van der Waals surface area contributed by atoms with Crippen LogP contribution in [0.5, 0.6) is 0 Å². The average molecular weight is 303 g/mol. The van der Waals surface area contributed by atoms with E-state index >= 15 is 0 Å². The third-order valence-corrected chi connectivity index (χ3v) is 4.36. The van der Waals surface area contributed by atoms with Crippen molar-refractivity contribution in [3.05, 3.63) is 29.8 Å². The summed E-state index contributed by atoms with van der Waals surface area (Å²) in [5.74, 6) is 0.0839. The maximum atomic E-state index is 12.2. The molecule has 22 heavy (non-hydrogen) atoms. The van der Waals surface area contributed by atoms with E-state index in [1.807, 2.05) is 12.1 Å². The van der Waals surface area contributed by atoms with E-state index in [0.29, 0.717) is 0 Å². The molecule has 0 aliphatic carbocycles. The van der Waals surface area contributed by atoms with Crippen molar-refractivity contribution in [3.63, 3.8) is 0 Å². The fourth-order valence-corrected chi connectivity index (χ4v) is 3.02. The van der Waals surface area contributed by atoms with E-state index in [1.165, 1.54) is 12.0 Å². The van der Waals surface area contributed by atoms with E-state index in [0.717, 1.165) is 57.9 Å². The van der Waals surface area contributed by atoms with Gasteiger partial charge in [0.25, 0.3) is 0 Å². The van der Waals surface area contributed by atoms with E-state index in [4.69, 9.17) is 4.74 Å². The van der Waals surface area contributed by atoms with Crippen LogP contribution in [0.2, 0.25) is 0 Å². The van der Waals surface area contributed by atoms with Crippen LogP contribution < -0.4 is 10.6 Å². The lowest BCUT2D eigenvalue weighted by Crippen LogP contribution is -2.43. The summed E-state index contributed by atoms with van der Waals surface area (Å²) in [7, 11) is 0. The van der Waals surface area contributed by atoms with Crippen molar-refractivity contribution in [1.82, 2.24) is 10.2 Å². The number of nitrogens with one attached hydrogen (secondary N) is 2. The van der Waals surface area contributed by atoms with Gasteiger partial charge in [-0.2, -0.15) is 0 Å². The molecular weight excluding hydrogens is 278 g/mol. The Morgan fingerprint density at radius 2 is 2.00 bits per heavy atom. The molecule has 2 heterocycles. The Labute approximate surface area is 132 Å². The van der Waals surface area contributed by atoms with Crippen molar-refractivity contribution in [3.8, 4) is 0 Å². The van der Waals surface area contributed by atoms with Crippen molar-refractivity contribution in [2.24, 2.45) is 0 Å². The predicted molar refractivity (Wildman–Crippen MR) is 86.8 cm³/mol. The summed E-state index contributed by atoms with van der Waals surface area (Å²) in [5.41, 5.74) is 2.15. The second-order valence-electron chi connectivity index (χ2n) is 6.08. The fourth-order valence-electron chi connectivity index (χ4n) is 3.02. The Balaban J connectivity index is 1.51.